The fourth-order valence-corrected chi connectivity index (χ4v) is 5.92. The summed E-state index contributed by atoms with van der Waals surface area (Å²) in [6.45, 7) is 11.3. The molecule has 3 aromatic carbocycles. The van der Waals surface area contributed by atoms with Gasteiger partial charge in [-0.15, -0.1) is 0 Å². The van der Waals surface area contributed by atoms with Crippen LogP contribution in [0.2, 0.25) is 0 Å². The van der Waals surface area contributed by atoms with Gasteiger partial charge in [0.05, 0.1) is 10.9 Å². The molecule has 33 heavy (non-hydrogen) atoms. The van der Waals surface area contributed by atoms with Crippen molar-refractivity contribution in [2.24, 2.45) is 0 Å². The zero-order valence-electron chi connectivity index (χ0n) is 20.4. The van der Waals surface area contributed by atoms with Gasteiger partial charge in [0.25, 0.3) is 0 Å². The number of pyridine rings is 1. The molecule has 1 aliphatic carbocycles. The first-order valence-electron chi connectivity index (χ1n) is 12.2. The number of nitrogens with zero attached hydrogens (tertiary/aromatic N) is 1. The van der Waals surface area contributed by atoms with E-state index < -0.39 is 0 Å². The lowest BCUT2D eigenvalue weighted by atomic mass is 9.87. The Morgan fingerprint density at radius 2 is 1.52 bits per heavy atom. The molecule has 0 saturated carbocycles. The van der Waals surface area contributed by atoms with Crippen LogP contribution in [-0.4, -0.2) is 13.2 Å². The molecule has 0 N–H and O–H groups in total. The summed E-state index contributed by atoms with van der Waals surface area (Å²) in [5.41, 5.74) is 12.3. The van der Waals surface area contributed by atoms with E-state index in [4.69, 9.17) is 4.74 Å². The van der Waals surface area contributed by atoms with Gasteiger partial charge in [-0.05, 0) is 63.6 Å². The van der Waals surface area contributed by atoms with Gasteiger partial charge in [-0.3, -0.25) is 0 Å². The van der Waals surface area contributed by atoms with Gasteiger partial charge in [0.2, 0.25) is 11.7 Å². The molecule has 1 aliphatic heterocycles. The van der Waals surface area contributed by atoms with Gasteiger partial charge in [0.15, 0.2) is 6.20 Å². The SMILES string of the molecule is CO[C@H](C)[C@@H]1c2cccc3c2-c2c4c(cc(C(C)C)cc4cc[n+]21)-c1ccc(C(C)C)cc1-3. The average molecular weight is 435 g/mol. The van der Waals surface area contributed by atoms with Crippen LogP contribution in [0.5, 0.6) is 0 Å². The topological polar surface area (TPSA) is 13.1 Å². The lowest BCUT2D eigenvalue weighted by Gasteiger charge is -2.19. The molecule has 0 fully saturated rings. The van der Waals surface area contributed by atoms with E-state index in [0.29, 0.717) is 11.8 Å². The van der Waals surface area contributed by atoms with Crippen LogP contribution in [0.4, 0.5) is 0 Å². The maximum Gasteiger partial charge on any atom is 0.222 e. The van der Waals surface area contributed by atoms with Gasteiger partial charge in [-0.2, -0.15) is 4.57 Å². The van der Waals surface area contributed by atoms with E-state index in [2.05, 4.69) is 100.0 Å². The number of hydrogen-bond donors (Lipinski definition) is 0. The Bertz CT molecular complexity index is 1430. The van der Waals surface area contributed by atoms with Crippen LogP contribution < -0.4 is 4.57 Å². The van der Waals surface area contributed by atoms with Crippen molar-refractivity contribution in [1.82, 2.24) is 0 Å². The molecule has 2 heteroatoms. The van der Waals surface area contributed by atoms with Crippen LogP contribution in [-0.2, 0) is 4.74 Å². The van der Waals surface area contributed by atoms with E-state index in [-0.39, 0.29) is 12.1 Å². The predicted octanol–water partition coefficient (Wildman–Crippen LogP) is 7.63. The summed E-state index contributed by atoms with van der Waals surface area (Å²) >= 11 is 0. The summed E-state index contributed by atoms with van der Waals surface area (Å²) < 4.78 is 8.37. The van der Waals surface area contributed by atoms with Crippen molar-refractivity contribution >= 4 is 10.8 Å². The number of aromatic nitrogens is 1. The largest absolute Gasteiger partial charge is 0.374 e. The number of benzene rings is 3. The molecule has 4 aromatic rings. The highest BCUT2D eigenvalue weighted by Crippen LogP contribution is 2.52. The Labute approximate surface area is 196 Å². The van der Waals surface area contributed by atoms with Crippen LogP contribution in [0, 0.1) is 0 Å². The first kappa shape index (κ1) is 20.6. The standard InChI is InChI=1S/C31H32NO/c1-17(2)20-10-11-23-26(15-20)24-8-7-9-25-29(24)31-28-21(14-22(18(3)4)16-27(23)28)12-13-32(31)30(25)19(5)33-6/h7-19,30H,1-6H3/q+1/t19-,30-/m1/s1. The molecule has 166 valence electrons. The monoisotopic (exact) mass is 434 g/mol. The minimum absolute atomic E-state index is 0.0852. The van der Waals surface area contributed by atoms with Crippen molar-refractivity contribution in [3.8, 4) is 33.5 Å². The van der Waals surface area contributed by atoms with E-state index in [9.17, 15) is 0 Å². The van der Waals surface area contributed by atoms with E-state index >= 15 is 0 Å². The predicted molar refractivity (Wildman–Crippen MR) is 137 cm³/mol. The van der Waals surface area contributed by atoms with Gasteiger partial charge < -0.3 is 4.74 Å². The molecule has 0 amide bonds. The third kappa shape index (κ3) is 2.80. The molecule has 0 saturated heterocycles. The summed E-state index contributed by atoms with van der Waals surface area (Å²) in [6.07, 6.45) is 2.37. The Morgan fingerprint density at radius 3 is 2.24 bits per heavy atom. The number of ether oxygens (including phenoxy) is 1. The fraction of sp³-hybridized carbons (Fsp3) is 0.323. The quantitative estimate of drug-likeness (QED) is 0.265. The van der Waals surface area contributed by atoms with Crippen molar-refractivity contribution in [2.45, 2.75) is 58.6 Å². The normalized spacial score (nSPS) is 16.4. The van der Waals surface area contributed by atoms with Gasteiger partial charge >= 0.3 is 0 Å². The molecule has 2 nitrogen and oxygen atoms in total. The van der Waals surface area contributed by atoms with Gasteiger partial charge in [0.1, 0.15) is 6.10 Å². The Morgan fingerprint density at radius 1 is 0.758 bits per heavy atom. The Hall–Kier alpha value is -2.97. The maximum absolute atomic E-state index is 5.90. The summed E-state index contributed by atoms with van der Waals surface area (Å²) in [5.74, 6) is 0.971. The van der Waals surface area contributed by atoms with Crippen molar-refractivity contribution in [1.29, 1.82) is 0 Å². The third-order valence-electron chi connectivity index (χ3n) is 7.83. The van der Waals surface area contributed by atoms with Gasteiger partial charge in [-0.1, -0.05) is 70.2 Å². The molecule has 0 radical (unpaired) electrons. The second kappa shape index (κ2) is 7.27. The molecule has 2 aliphatic rings. The van der Waals surface area contributed by atoms with Gasteiger partial charge in [0, 0.05) is 18.7 Å². The lowest BCUT2D eigenvalue weighted by molar-refractivity contribution is -0.703. The van der Waals surface area contributed by atoms with Crippen molar-refractivity contribution < 1.29 is 9.30 Å². The second-order valence-corrected chi connectivity index (χ2v) is 10.4. The van der Waals surface area contributed by atoms with Crippen LogP contribution >= 0.6 is 0 Å². The second-order valence-electron chi connectivity index (χ2n) is 10.4. The van der Waals surface area contributed by atoms with Gasteiger partial charge in [-0.25, -0.2) is 0 Å². The van der Waals surface area contributed by atoms with Crippen molar-refractivity contribution in [3.05, 3.63) is 77.5 Å². The minimum Gasteiger partial charge on any atom is -0.374 e. The third-order valence-corrected chi connectivity index (χ3v) is 7.83. The lowest BCUT2D eigenvalue weighted by Crippen LogP contribution is -2.44. The van der Waals surface area contributed by atoms with E-state index in [1.807, 2.05) is 7.11 Å². The van der Waals surface area contributed by atoms with Crippen LogP contribution in [0.1, 0.15) is 69.2 Å². The molecule has 6 rings (SSSR count). The van der Waals surface area contributed by atoms with E-state index in [1.54, 1.807) is 0 Å². The minimum atomic E-state index is 0.0852. The molecule has 1 aromatic heterocycles. The Balaban J connectivity index is 1.83. The number of methoxy groups -OCH3 is 1. The number of fused-ring (bicyclic) bond motifs is 3. The smallest absolute Gasteiger partial charge is 0.222 e. The summed E-state index contributed by atoms with van der Waals surface area (Å²) in [7, 11) is 1.82. The molecule has 0 spiro atoms. The first-order chi connectivity index (χ1) is 15.9. The average Bonchev–Trinajstić information content (AvgIpc) is 3.10. The zero-order valence-corrected chi connectivity index (χ0v) is 20.4. The highest BCUT2D eigenvalue weighted by molar-refractivity contribution is 6.12. The Kier molecular flexibility index (Phi) is 4.54. The van der Waals surface area contributed by atoms with E-state index in [0.717, 1.165) is 0 Å². The number of rotatable bonds is 4. The van der Waals surface area contributed by atoms with Crippen LogP contribution in [0.3, 0.4) is 0 Å². The summed E-state index contributed by atoms with van der Waals surface area (Å²) in [5, 5.41) is 2.70. The highest BCUT2D eigenvalue weighted by Gasteiger charge is 2.44. The zero-order chi connectivity index (χ0) is 23.0. The molecular formula is C31H32NO+. The summed E-state index contributed by atoms with van der Waals surface area (Å²) in [4.78, 5) is 0. The molecule has 0 bridgehead atoms. The van der Waals surface area contributed by atoms with Crippen molar-refractivity contribution in [2.75, 3.05) is 7.11 Å². The molecule has 2 heterocycles. The number of hydrogen-bond acceptors (Lipinski definition) is 1. The summed E-state index contributed by atoms with van der Waals surface area (Å²) in [6, 6.07) is 21.3. The first-order valence-corrected chi connectivity index (χ1v) is 12.2. The maximum atomic E-state index is 5.90. The van der Waals surface area contributed by atoms with Crippen LogP contribution in [0.15, 0.2) is 60.8 Å². The van der Waals surface area contributed by atoms with E-state index in [1.165, 1.54) is 61.0 Å². The van der Waals surface area contributed by atoms with Crippen LogP contribution in [0.25, 0.3) is 44.3 Å². The molecule has 0 unspecified atom stereocenters. The van der Waals surface area contributed by atoms with Crippen molar-refractivity contribution in [3.63, 3.8) is 0 Å². The molecule has 2 atom stereocenters. The molecular weight excluding hydrogens is 402 g/mol. The fourth-order valence-electron chi connectivity index (χ4n) is 5.92. The highest BCUT2D eigenvalue weighted by atomic mass is 16.5.